The monoisotopic (exact) mass is 383 g/mol. The highest BCUT2D eigenvalue weighted by atomic mass is 19.1. The van der Waals surface area contributed by atoms with Crippen LogP contribution in [0.25, 0.3) is 5.65 Å². The molecule has 0 spiro atoms. The molecule has 0 atom stereocenters. The van der Waals surface area contributed by atoms with Crippen LogP contribution in [0.2, 0.25) is 0 Å². The highest BCUT2D eigenvalue weighted by Crippen LogP contribution is 2.14. The van der Waals surface area contributed by atoms with Crippen LogP contribution < -0.4 is 0 Å². The molecule has 3 aromatic rings. The van der Waals surface area contributed by atoms with Gasteiger partial charge in [-0.25, -0.2) is 18.7 Å². The molecule has 1 N–H and O–H groups in total. The topological polar surface area (TPSA) is 74.0 Å². The summed E-state index contributed by atoms with van der Waals surface area (Å²) in [7, 11) is 0. The molecule has 4 rings (SSSR count). The van der Waals surface area contributed by atoms with Gasteiger partial charge in [-0.3, -0.25) is 9.80 Å². The number of hydrogen-bond acceptors (Lipinski definition) is 5. The zero-order chi connectivity index (χ0) is 19.5. The van der Waals surface area contributed by atoms with Crippen LogP contribution in [0.3, 0.4) is 0 Å². The first-order valence-corrected chi connectivity index (χ1v) is 9.33. The highest BCUT2D eigenvalue weighted by Gasteiger charge is 2.17. The Morgan fingerprint density at radius 3 is 2.54 bits per heavy atom. The molecule has 0 saturated carbocycles. The van der Waals surface area contributed by atoms with Crippen LogP contribution in [0.15, 0.2) is 42.9 Å². The van der Waals surface area contributed by atoms with E-state index in [1.807, 2.05) is 12.3 Å². The van der Waals surface area contributed by atoms with Crippen LogP contribution in [0.4, 0.5) is 4.39 Å². The van der Waals surface area contributed by atoms with Gasteiger partial charge < -0.3 is 5.11 Å². The number of carbonyl (C=O) groups is 1. The summed E-state index contributed by atoms with van der Waals surface area (Å²) in [6.07, 6.45) is 5.92. The van der Waals surface area contributed by atoms with Crippen LogP contribution in [0.1, 0.15) is 27.9 Å². The molecule has 1 aliphatic rings. The number of carboxylic acid groups (broad SMARTS) is 1. The van der Waals surface area contributed by atoms with Crippen molar-refractivity contribution in [3.8, 4) is 0 Å². The molecule has 146 valence electrons. The number of aromatic nitrogens is 3. The van der Waals surface area contributed by atoms with E-state index in [9.17, 15) is 9.18 Å². The molecule has 3 heterocycles. The Hall–Kier alpha value is -2.84. The summed E-state index contributed by atoms with van der Waals surface area (Å²) >= 11 is 0. The second-order valence-corrected chi connectivity index (χ2v) is 7.13. The summed E-state index contributed by atoms with van der Waals surface area (Å²) < 4.78 is 14.9. The van der Waals surface area contributed by atoms with Crippen molar-refractivity contribution in [2.24, 2.45) is 0 Å². The van der Waals surface area contributed by atoms with Crippen molar-refractivity contribution in [1.29, 1.82) is 0 Å². The SMILES string of the molecule is O=C(O)c1cnn2cc(CN3CCCN(Cc4cccc(F)c4)CC3)cnc12. The third-order valence-corrected chi connectivity index (χ3v) is 5.02. The molecule has 28 heavy (non-hydrogen) atoms. The quantitative estimate of drug-likeness (QED) is 0.729. The van der Waals surface area contributed by atoms with Crippen molar-refractivity contribution < 1.29 is 14.3 Å². The second-order valence-electron chi connectivity index (χ2n) is 7.13. The third-order valence-electron chi connectivity index (χ3n) is 5.02. The van der Waals surface area contributed by atoms with Crippen molar-refractivity contribution >= 4 is 11.6 Å². The zero-order valence-corrected chi connectivity index (χ0v) is 15.5. The predicted molar refractivity (Wildman–Crippen MR) is 102 cm³/mol. The van der Waals surface area contributed by atoms with Gasteiger partial charge in [-0.1, -0.05) is 12.1 Å². The maximum atomic E-state index is 13.4. The fourth-order valence-electron chi connectivity index (χ4n) is 3.64. The number of hydrogen-bond donors (Lipinski definition) is 1. The molecule has 0 aliphatic carbocycles. The van der Waals surface area contributed by atoms with E-state index >= 15 is 0 Å². The van der Waals surface area contributed by atoms with Gasteiger partial charge in [0.25, 0.3) is 0 Å². The molecule has 1 aliphatic heterocycles. The molecular weight excluding hydrogens is 361 g/mol. The lowest BCUT2D eigenvalue weighted by atomic mass is 10.2. The lowest BCUT2D eigenvalue weighted by Gasteiger charge is -2.22. The molecule has 8 heteroatoms. The summed E-state index contributed by atoms with van der Waals surface area (Å²) in [5.74, 6) is -1.22. The Labute approximate surface area is 162 Å². The molecule has 1 fully saturated rings. The number of fused-ring (bicyclic) bond motifs is 1. The average Bonchev–Trinajstić information content (AvgIpc) is 2.97. The van der Waals surface area contributed by atoms with Crippen molar-refractivity contribution in [2.75, 3.05) is 26.2 Å². The Morgan fingerprint density at radius 2 is 1.82 bits per heavy atom. The fourth-order valence-corrected chi connectivity index (χ4v) is 3.64. The van der Waals surface area contributed by atoms with Gasteiger partial charge in [0, 0.05) is 44.1 Å². The van der Waals surface area contributed by atoms with Crippen LogP contribution in [0, 0.1) is 5.82 Å². The molecule has 7 nitrogen and oxygen atoms in total. The van der Waals surface area contributed by atoms with Gasteiger partial charge in [0.2, 0.25) is 0 Å². The van der Waals surface area contributed by atoms with Crippen molar-refractivity contribution in [2.45, 2.75) is 19.5 Å². The lowest BCUT2D eigenvalue weighted by Crippen LogP contribution is -2.30. The first-order valence-electron chi connectivity index (χ1n) is 9.33. The van der Waals surface area contributed by atoms with Gasteiger partial charge in [0.15, 0.2) is 5.65 Å². The molecule has 1 aromatic carbocycles. The van der Waals surface area contributed by atoms with Gasteiger partial charge >= 0.3 is 5.97 Å². The van der Waals surface area contributed by atoms with Gasteiger partial charge in [-0.15, -0.1) is 0 Å². The Balaban J connectivity index is 1.38. The van der Waals surface area contributed by atoms with Gasteiger partial charge in [0.1, 0.15) is 11.4 Å². The minimum absolute atomic E-state index is 0.106. The van der Waals surface area contributed by atoms with E-state index in [0.717, 1.165) is 56.8 Å². The Kier molecular flexibility index (Phi) is 5.31. The normalized spacial score (nSPS) is 16.3. The summed E-state index contributed by atoms with van der Waals surface area (Å²) in [6.45, 7) is 5.26. The Bertz CT molecular complexity index is 990. The maximum Gasteiger partial charge on any atom is 0.341 e. The van der Waals surface area contributed by atoms with E-state index in [0.29, 0.717) is 5.65 Å². The van der Waals surface area contributed by atoms with E-state index in [4.69, 9.17) is 5.11 Å². The van der Waals surface area contributed by atoms with Gasteiger partial charge in [-0.2, -0.15) is 5.10 Å². The molecule has 0 unspecified atom stereocenters. The van der Waals surface area contributed by atoms with E-state index in [-0.39, 0.29) is 11.4 Å². The van der Waals surface area contributed by atoms with Crippen LogP contribution >= 0.6 is 0 Å². The largest absolute Gasteiger partial charge is 0.477 e. The summed E-state index contributed by atoms with van der Waals surface area (Å²) in [5, 5.41) is 13.2. The van der Waals surface area contributed by atoms with Gasteiger partial charge in [-0.05, 0) is 37.2 Å². The van der Waals surface area contributed by atoms with E-state index in [2.05, 4.69) is 19.9 Å². The number of carboxylic acids is 1. The van der Waals surface area contributed by atoms with Crippen LogP contribution in [0.5, 0.6) is 0 Å². The van der Waals surface area contributed by atoms with E-state index < -0.39 is 5.97 Å². The minimum Gasteiger partial charge on any atom is -0.477 e. The van der Waals surface area contributed by atoms with Crippen LogP contribution in [-0.4, -0.2) is 61.7 Å². The summed E-state index contributed by atoms with van der Waals surface area (Å²) in [5.41, 5.74) is 2.45. The molecule has 0 radical (unpaired) electrons. The minimum atomic E-state index is -1.03. The highest BCUT2D eigenvalue weighted by molar-refractivity contribution is 5.93. The number of halogens is 1. The molecular formula is C20H22FN5O2. The molecule has 0 amide bonds. The number of nitrogens with zero attached hydrogens (tertiary/aromatic N) is 5. The predicted octanol–water partition coefficient (Wildman–Crippen LogP) is 2.27. The average molecular weight is 383 g/mol. The zero-order valence-electron chi connectivity index (χ0n) is 15.5. The molecule has 2 aromatic heterocycles. The van der Waals surface area contributed by atoms with E-state index in [1.165, 1.54) is 16.8 Å². The lowest BCUT2D eigenvalue weighted by molar-refractivity contribution is 0.0698. The van der Waals surface area contributed by atoms with Crippen molar-refractivity contribution in [3.05, 3.63) is 65.4 Å². The number of aromatic carboxylic acids is 1. The summed E-state index contributed by atoms with van der Waals surface area (Å²) in [4.78, 5) is 20.2. The third kappa shape index (κ3) is 4.18. The van der Waals surface area contributed by atoms with Crippen molar-refractivity contribution in [1.82, 2.24) is 24.4 Å². The Morgan fingerprint density at radius 1 is 1.07 bits per heavy atom. The smallest absolute Gasteiger partial charge is 0.341 e. The van der Waals surface area contributed by atoms with Gasteiger partial charge in [0.05, 0.1) is 6.20 Å². The number of rotatable bonds is 5. The maximum absolute atomic E-state index is 13.4. The fraction of sp³-hybridized carbons (Fsp3) is 0.350. The number of benzene rings is 1. The standard InChI is InChI=1S/C20H22FN5O2/c21-17-4-1-3-15(9-17)12-24-5-2-6-25(8-7-24)13-16-10-22-19-18(20(27)28)11-23-26(19)14-16/h1,3-4,9-11,14H,2,5-8,12-13H2,(H,27,28). The van der Waals surface area contributed by atoms with Crippen LogP contribution in [-0.2, 0) is 13.1 Å². The first kappa shape index (κ1) is 18.5. The summed E-state index contributed by atoms with van der Waals surface area (Å²) in [6, 6.07) is 6.78. The second kappa shape index (κ2) is 8.04. The molecule has 0 bridgehead atoms. The molecule has 1 saturated heterocycles. The van der Waals surface area contributed by atoms with E-state index in [1.54, 1.807) is 18.3 Å². The first-order chi connectivity index (χ1) is 13.6. The van der Waals surface area contributed by atoms with Crippen molar-refractivity contribution in [3.63, 3.8) is 0 Å².